The first-order valence-corrected chi connectivity index (χ1v) is 8.01. The van der Waals surface area contributed by atoms with Gasteiger partial charge in [0.1, 0.15) is 6.10 Å². The van der Waals surface area contributed by atoms with E-state index < -0.39 is 25.2 Å². The first-order valence-electron chi connectivity index (χ1n) is 6.43. The topological polar surface area (TPSA) is 119 Å². The van der Waals surface area contributed by atoms with Crippen molar-refractivity contribution in [3.63, 3.8) is 0 Å². The summed E-state index contributed by atoms with van der Waals surface area (Å²) >= 11 is 0. The summed E-state index contributed by atoms with van der Waals surface area (Å²) in [4.78, 5) is 27.3. The quantitative estimate of drug-likeness (QED) is 0.474. The average molecular weight is 312 g/mol. The van der Waals surface area contributed by atoms with Crippen molar-refractivity contribution in [1.82, 2.24) is 5.32 Å². The third kappa shape index (κ3) is 8.66. The minimum atomic E-state index is -4.37. The van der Waals surface area contributed by atoms with E-state index >= 15 is 0 Å². The average Bonchev–Trinajstić information content (AvgIpc) is 2.22. The van der Waals surface area contributed by atoms with Crippen LogP contribution >= 0.6 is 7.82 Å². The van der Waals surface area contributed by atoms with E-state index in [9.17, 15) is 14.5 Å². The Morgan fingerprint density at radius 3 is 2.25 bits per heavy atom. The lowest BCUT2D eigenvalue weighted by Crippen LogP contribution is -2.46. The number of aliphatic hydroxyl groups excluding tert-OH is 1. The fourth-order valence-electron chi connectivity index (χ4n) is 1.35. The van der Waals surface area contributed by atoms with E-state index in [1.807, 2.05) is 20.8 Å². The summed E-state index contributed by atoms with van der Waals surface area (Å²) in [5.41, 5.74) is -0.989. The molecule has 0 aromatic rings. The van der Waals surface area contributed by atoms with Gasteiger partial charge in [0.2, 0.25) is 5.91 Å². The van der Waals surface area contributed by atoms with Crippen LogP contribution in [0.3, 0.4) is 0 Å². The first-order chi connectivity index (χ1) is 8.75. The smallest absolute Gasteiger partial charge is 0.383 e. The molecule has 7 nitrogen and oxygen atoms in total. The Morgan fingerprint density at radius 1 is 1.35 bits per heavy atom. The summed E-state index contributed by atoms with van der Waals surface area (Å²) in [7, 11) is -4.37. The Balaban J connectivity index is 4.37. The van der Waals surface area contributed by atoms with Crippen LogP contribution < -0.4 is 5.32 Å². The highest BCUT2D eigenvalue weighted by molar-refractivity contribution is 7.46. The molecular formula is C12H27NO6P+. The number of rotatable bonds is 7. The van der Waals surface area contributed by atoms with Crippen molar-refractivity contribution >= 4 is 13.7 Å². The molecule has 0 heterocycles. The molecule has 120 valence electrons. The second kappa shape index (κ2) is 7.00. The van der Waals surface area contributed by atoms with Crippen LogP contribution in [0.5, 0.6) is 0 Å². The van der Waals surface area contributed by atoms with E-state index in [1.165, 1.54) is 13.8 Å². The zero-order valence-corrected chi connectivity index (χ0v) is 13.7. The largest absolute Gasteiger partial charge is 0.631 e. The summed E-state index contributed by atoms with van der Waals surface area (Å²) in [5, 5.41) is 12.6. The highest BCUT2D eigenvalue weighted by Gasteiger charge is 2.37. The molecule has 0 aliphatic heterocycles. The predicted octanol–water partition coefficient (Wildman–Crippen LogP) is 0.767. The molecule has 0 aromatic carbocycles. The van der Waals surface area contributed by atoms with Gasteiger partial charge >= 0.3 is 7.82 Å². The van der Waals surface area contributed by atoms with Gasteiger partial charge in [0, 0.05) is 12.0 Å². The molecule has 5 N–H and O–H groups in total. The predicted molar refractivity (Wildman–Crippen MR) is 76.3 cm³/mol. The molecule has 0 radical (unpaired) electrons. The van der Waals surface area contributed by atoms with Crippen molar-refractivity contribution in [3.05, 3.63) is 0 Å². The lowest BCUT2D eigenvalue weighted by molar-refractivity contribution is -0.137. The Morgan fingerprint density at radius 2 is 1.85 bits per heavy atom. The van der Waals surface area contributed by atoms with Gasteiger partial charge in [-0.25, -0.2) is 4.52 Å². The van der Waals surface area contributed by atoms with Crippen molar-refractivity contribution in [3.8, 4) is 0 Å². The van der Waals surface area contributed by atoms with Crippen LogP contribution in [-0.2, 0) is 13.9 Å². The second-order valence-corrected chi connectivity index (χ2v) is 8.09. The molecule has 0 saturated heterocycles. The molecule has 0 fully saturated rings. The molecule has 2 unspecified atom stereocenters. The third-order valence-corrected chi connectivity index (χ3v) is 3.25. The molecule has 8 heteroatoms. The Kier molecular flexibility index (Phi) is 6.84. The number of hydrogen-bond acceptors (Lipinski definition) is 4. The SMILES string of the molecule is CC(C)(C)CCNC(=O)C(O)C(C)(C)COP(=O)(O)[OH2+]. The van der Waals surface area contributed by atoms with E-state index in [0.29, 0.717) is 6.54 Å². The molecule has 0 saturated carbocycles. The number of amides is 1. The molecule has 20 heavy (non-hydrogen) atoms. The van der Waals surface area contributed by atoms with Gasteiger partial charge in [-0.1, -0.05) is 34.6 Å². The third-order valence-electron chi connectivity index (χ3n) is 2.77. The van der Waals surface area contributed by atoms with Gasteiger partial charge in [0.05, 0.1) is 6.61 Å². The lowest BCUT2D eigenvalue weighted by Gasteiger charge is -2.29. The van der Waals surface area contributed by atoms with Gasteiger partial charge < -0.3 is 15.3 Å². The number of carbonyl (C=O) groups is 1. The molecule has 2 atom stereocenters. The summed E-state index contributed by atoms with van der Waals surface area (Å²) in [6.45, 7) is 9.25. The summed E-state index contributed by atoms with van der Waals surface area (Å²) < 4.78 is 15.2. The molecular weight excluding hydrogens is 285 g/mol. The lowest BCUT2D eigenvalue weighted by atomic mass is 9.87. The van der Waals surface area contributed by atoms with E-state index in [1.54, 1.807) is 0 Å². The van der Waals surface area contributed by atoms with Gasteiger partial charge in [-0.15, -0.1) is 0 Å². The summed E-state index contributed by atoms with van der Waals surface area (Å²) in [6, 6.07) is 0. The van der Waals surface area contributed by atoms with Crippen molar-refractivity contribution in [2.75, 3.05) is 13.2 Å². The standard InChI is InChI=1S/C12H26NO6P/c1-11(2,3)6-7-13-10(15)9(14)12(4,5)8-19-20(16,17)18/h9,14H,6-8H2,1-5H3,(H,13,15)(H2,16,17,18)/p+1. The second-order valence-electron chi connectivity index (χ2n) is 6.79. The van der Waals surface area contributed by atoms with Crippen molar-refractivity contribution in [2.45, 2.75) is 47.1 Å². The monoisotopic (exact) mass is 312 g/mol. The number of hydrogen-bond donors (Lipinski definition) is 3. The zero-order valence-electron chi connectivity index (χ0n) is 12.8. The van der Waals surface area contributed by atoms with Crippen molar-refractivity contribution in [2.24, 2.45) is 10.8 Å². The van der Waals surface area contributed by atoms with Crippen LogP contribution in [0, 0.1) is 10.8 Å². The highest BCUT2D eigenvalue weighted by Crippen LogP contribution is 2.38. The summed E-state index contributed by atoms with van der Waals surface area (Å²) in [5.74, 6) is -0.555. The van der Waals surface area contributed by atoms with Crippen LogP contribution in [0.2, 0.25) is 0 Å². The minimum absolute atomic E-state index is 0.0750. The summed E-state index contributed by atoms with van der Waals surface area (Å²) in [6.07, 6.45) is -0.616. The molecule has 0 spiro atoms. The highest BCUT2D eigenvalue weighted by atomic mass is 31.2. The molecule has 0 aromatic heterocycles. The van der Waals surface area contributed by atoms with E-state index in [2.05, 4.69) is 9.84 Å². The number of nitrogens with one attached hydrogen (secondary N) is 1. The van der Waals surface area contributed by atoms with E-state index in [4.69, 9.17) is 9.79 Å². The van der Waals surface area contributed by atoms with Gasteiger partial charge in [-0.2, -0.15) is 4.57 Å². The Labute approximate surface area is 120 Å². The molecule has 0 aliphatic rings. The molecule has 0 aliphatic carbocycles. The van der Waals surface area contributed by atoms with Crippen molar-refractivity contribution in [1.29, 1.82) is 0 Å². The van der Waals surface area contributed by atoms with E-state index in [-0.39, 0.29) is 12.0 Å². The Bertz CT molecular complexity index is 371. The van der Waals surface area contributed by atoms with Gasteiger partial charge in [-0.3, -0.25) is 9.69 Å². The van der Waals surface area contributed by atoms with Gasteiger partial charge in [0.15, 0.2) is 0 Å². The van der Waals surface area contributed by atoms with Gasteiger partial charge in [-0.05, 0) is 11.8 Å². The zero-order chi connectivity index (χ0) is 16.2. The number of carbonyl (C=O) groups excluding carboxylic acids is 1. The van der Waals surface area contributed by atoms with Gasteiger partial charge in [0.25, 0.3) is 0 Å². The van der Waals surface area contributed by atoms with Crippen LogP contribution in [-0.4, -0.2) is 40.1 Å². The van der Waals surface area contributed by atoms with Crippen LogP contribution in [0.15, 0.2) is 0 Å². The molecule has 0 rings (SSSR count). The minimum Gasteiger partial charge on any atom is -0.383 e. The van der Waals surface area contributed by atoms with Crippen LogP contribution in [0.4, 0.5) is 0 Å². The molecule has 0 bridgehead atoms. The normalized spacial score (nSPS) is 17.4. The fourth-order valence-corrected chi connectivity index (χ4v) is 1.85. The maximum atomic E-state index is 11.8. The first kappa shape index (κ1) is 19.5. The Hall–Kier alpha value is -0.460. The fraction of sp³-hybridized carbons (Fsp3) is 0.917. The van der Waals surface area contributed by atoms with Crippen LogP contribution in [0.25, 0.3) is 0 Å². The van der Waals surface area contributed by atoms with Crippen LogP contribution in [0.1, 0.15) is 41.0 Å². The van der Waals surface area contributed by atoms with Crippen molar-refractivity contribution < 1.29 is 28.8 Å². The number of aliphatic hydroxyl groups is 1. The molecule has 1 amide bonds. The van der Waals surface area contributed by atoms with E-state index in [0.717, 1.165) is 6.42 Å². The maximum Gasteiger partial charge on any atom is 0.631 e. The maximum absolute atomic E-state index is 11.8.